The summed E-state index contributed by atoms with van der Waals surface area (Å²) in [5.74, 6) is 0.450. The Morgan fingerprint density at radius 2 is 2.05 bits per heavy atom. The minimum absolute atomic E-state index is 0.307. The Bertz CT molecular complexity index is 430. The lowest BCUT2D eigenvalue weighted by atomic mass is 9.97. The summed E-state index contributed by atoms with van der Waals surface area (Å²) >= 11 is 3.62. The van der Waals surface area contributed by atoms with Gasteiger partial charge in [-0.25, -0.2) is 0 Å². The van der Waals surface area contributed by atoms with Crippen LogP contribution in [-0.4, -0.2) is 36.2 Å². The largest absolute Gasteiger partial charge is 0.507 e. The molecule has 0 aliphatic carbocycles. The molecule has 4 heteroatoms. The van der Waals surface area contributed by atoms with Crippen LogP contribution >= 0.6 is 15.9 Å². The van der Waals surface area contributed by atoms with Gasteiger partial charge >= 0.3 is 0 Å². The summed E-state index contributed by atoms with van der Waals surface area (Å²) in [4.78, 5) is 2.49. The zero-order valence-electron chi connectivity index (χ0n) is 11.7. The molecule has 1 atom stereocenters. The standard InChI is InChI=1S/C15H23BrN2O/c1-3-4-13(18-9-7-17-8-10-18)14-12(16)6-5-11(2)15(14)19/h5-6,13,17,19H,3-4,7-10H2,1-2H3/t13-/m1/s1. The molecule has 1 aliphatic rings. The zero-order chi connectivity index (χ0) is 13.8. The summed E-state index contributed by atoms with van der Waals surface area (Å²) in [5, 5.41) is 13.8. The summed E-state index contributed by atoms with van der Waals surface area (Å²) < 4.78 is 1.02. The maximum absolute atomic E-state index is 10.4. The van der Waals surface area contributed by atoms with E-state index < -0.39 is 0 Å². The van der Waals surface area contributed by atoms with Crippen molar-refractivity contribution in [2.45, 2.75) is 32.7 Å². The van der Waals surface area contributed by atoms with Crippen LogP contribution in [-0.2, 0) is 0 Å². The fourth-order valence-corrected chi connectivity index (χ4v) is 3.37. The lowest BCUT2D eigenvalue weighted by Crippen LogP contribution is -2.45. The predicted octanol–water partition coefficient (Wildman–Crippen LogP) is 3.21. The van der Waals surface area contributed by atoms with Gasteiger partial charge in [-0.1, -0.05) is 35.3 Å². The van der Waals surface area contributed by atoms with Crippen LogP contribution in [0.5, 0.6) is 5.75 Å². The van der Waals surface area contributed by atoms with Crippen molar-refractivity contribution in [1.29, 1.82) is 0 Å². The summed E-state index contributed by atoms with van der Waals surface area (Å²) in [7, 11) is 0. The summed E-state index contributed by atoms with van der Waals surface area (Å²) in [5.41, 5.74) is 2.01. The Hall–Kier alpha value is -0.580. The van der Waals surface area contributed by atoms with Gasteiger partial charge in [0, 0.05) is 42.3 Å². The average molecular weight is 327 g/mol. The normalized spacial score (nSPS) is 18.5. The molecule has 2 rings (SSSR count). The maximum Gasteiger partial charge on any atom is 0.124 e. The van der Waals surface area contributed by atoms with Gasteiger partial charge in [-0.05, 0) is 25.0 Å². The molecule has 1 fully saturated rings. The van der Waals surface area contributed by atoms with Gasteiger partial charge < -0.3 is 10.4 Å². The van der Waals surface area contributed by atoms with Gasteiger partial charge in [-0.15, -0.1) is 0 Å². The van der Waals surface area contributed by atoms with Crippen molar-refractivity contribution in [1.82, 2.24) is 10.2 Å². The zero-order valence-corrected chi connectivity index (χ0v) is 13.3. The van der Waals surface area contributed by atoms with E-state index >= 15 is 0 Å². The molecule has 0 spiro atoms. The van der Waals surface area contributed by atoms with Crippen LogP contribution < -0.4 is 5.32 Å². The Morgan fingerprint density at radius 1 is 1.37 bits per heavy atom. The highest BCUT2D eigenvalue weighted by Crippen LogP contribution is 2.39. The van der Waals surface area contributed by atoms with Crippen LogP contribution in [0.25, 0.3) is 0 Å². The summed E-state index contributed by atoms with van der Waals surface area (Å²) in [6.07, 6.45) is 2.20. The first kappa shape index (κ1) is 14.8. The van der Waals surface area contributed by atoms with Gasteiger partial charge in [0.1, 0.15) is 5.75 Å². The van der Waals surface area contributed by atoms with Crippen molar-refractivity contribution < 1.29 is 5.11 Å². The molecule has 1 saturated heterocycles. The van der Waals surface area contributed by atoms with Gasteiger partial charge in [-0.2, -0.15) is 0 Å². The molecular weight excluding hydrogens is 304 g/mol. The fourth-order valence-electron chi connectivity index (χ4n) is 2.79. The van der Waals surface area contributed by atoms with E-state index in [4.69, 9.17) is 0 Å². The molecule has 0 amide bonds. The molecule has 2 N–H and O–H groups in total. The highest BCUT2D eigenvalue weighted by molar-refractivity contribution is 9.10. The highest BCUT2D eigenvalue weighted by atomic mass is 79.9. The van der Waals surface area contributed by atoms with Crippen LogP contribution in [0, 0.1) is 6.92 Å². The van der Waals surface area contributed by atoms with Crippen LogP contribution in [0.2, 0.25) is 0 Å². The number of phenols is 1. The first-order chi connectivity index (χ1) is 9.15. The van der Waals surface area contributed by atoms with Crippen molar-refractivity contribution >= 4 is 15.9 Å². The van der Waals surface area contributed by atoms with Crippen LogP contribution in [0.3, 0.4) is 0 Å². The maximum atomic E-state index is 10.4. The Morgan fingerprint density at radius 3 is 2.68 bits per heavy atom. The minimum atomic E-state index is 0.307. The van der Waals surface area contributed by atoms with Crippen molar-refractivity contribution in [2.75, 3.05) is 26.2 Å². The van der Waals surface area contributed by atoms with Gasteiger partial charge in [0.05, 0.1) is 0 Å². The second kappa shape index (κ2) is 6.73. The Kier molecular flexibility index (Phi) is 5.25. The third-order valence-corrected chi connectivity index (χ3v) is 4.54. The van der Waals surface area contributed by atoms with Gasteiger partial charge in [0.25, 0.3) is 0 Å². The van der Waals surface area contributed by atoms with Crippen LogP contribution in [0.4, 0.5) is 0 Å². The van der Waals surface area contributed by atoms with Crippen LogP contribution in [0.1, 0.15) is 36.9 Å². The van der Waals surface area contributed by atoms with E-state index in [1.807, 2.05) is 13.0 Å². The number of piperazine rings is 1. The number of rotatable bonds is 4. The van der Waals surface area contributed by atoms with E-state index in [1.165, 1.54) is 0 Å². The molecule has 0 unspecified atom stereocenters. The van der Waals surface area contributed by atoms with Crippen molar-refractivity contribution in [3.8, 4) is 5.75 Å². The van der Waals surface area contributed by atoms with Crippen LogP contribution in [0.15, 0.2) is 16.6 Å². The smallest absolute Gasteiger partial charge is 0.124 e. The topological polar surface area (TPSA) is 35.5 Å². The third-order valence-electron chi connectivity index (χ3n) is 3.85. The molecule has 19 heavy (non-hydrogen) atoms. The van der Waals surface area contributed by atoms with Crippen molar-refractivity contribution in [2.24, 2.45) is 0 Å². The first-order valence-corrected chi connectivity index (χ1v) is 7.87. The molecule has 1 aliphatic heterocycles. The average Bonchev–Trinajstić information content (AvgIpc) is 2.43. The monoisotopic (exact) mass is 326 g/mol. The van der Waals surface area contributed by atoms with Gasteiger partial charge in [0.15, 0.2) is 0 Å². The highest BCUT2D eigenvalue weighted by Gasteiger charge is 2.26. The second-order valence-electron chi connectivity index (χ2n) is 5.22. The van der Waals surface area contributed by atoms with E-state index in [-0.39, 0.29) is 0 Å². The van der Waals surface area contributed by atoms with E-state index in [9.17, 15) is 5.11 Å². The number of aromatic hydroxyl groups is 1. The molecular formula is C15H23BrN2O. The van der Waals surface area contributed by atoms with E-state index in [0.717, 1.165) is 54.6 Å². The number of benzene rings is 1. The molecule has 0 radical (unpaired) electrons. The molecule has 106 valence electrons. The molecule has 0 saturated carbocycles. The molecule has 1 heterocycles. The summed E-state index contributed by atoms with van der Waals surface area (Å²) in [6.45, 7) is 8.33. The molecule has 0 aromatic heterocycles. The van der Waals surface area contributed by atoms with E-state index in [2.05, 4.69) is 39.1 Å². The lowest BCUT2D eigenvalue weighted by molar-refractivity contribution is 0.161. The Labute approximate surface area is 124 Å². The van der Waals surface area contributed by atoms with E-state index in [1.54, 1.807) is 0 Å². The Balaban J connectivity index is 2.35. The quantitative estimate of drug-likeness (QED) is 0.891. The minimum Gasteiger partial charge on any atom is -0.507 e. The first-order valence-electron chi connectivity index (χ1n) is 7.08. The molecule has 3 nitrogen and oxygen atoms in total. The number of phenolic OH excluding ortho intramolecular Hbond substituents is 1. The number of nitrogens with zero attached hydrogens (tertiary/aromatic N) is 1. The number of hydrogen-bond acceptors (Lipinski definition) is 3. The number of hydrogen-bond donors (Lipinski definition) is 2. The number of aryl methyl sites for hydroxylation is 1. The number of nitrogens with one attached hydrogen (secondary N) is 1. The SMILES string of the molecule is CCC[C@H](c1c(Br)ccc(C)c1O)N1CCNCC1. The third kappa shape index (κ3) is 3.30. The summed E-state index contributed by atoms with van der Waals surface area (Å²) in [6, 6.07) is 4.32. The molecule has 0 bridgehead atoms. The molecule has 1 aromatic carbocycles. The predicted molar refractivity (Wildman–Crippen MR) is 82.6 cm³/mol. The second-order valence-corrected chi connectivity index (χ2v) is 6.07. The van der Waals surface area contributed by atoms with Crippen molar-refractivity contribution in [3.05, 3.63) is 27.7 Å². The lowest BCUT2D eigenvalue weighted by Gasteiger charge is -2.36. The van der Waals surface area contributed by atoms with Gasteiger partial charge in [-0.3, -0.25) is 4.90 Å². The van der Waals surface area contributed by atoms with E-state index in [0.29, 0.717) is 11.8 Å². The molecule has 1 aromatic rings. The van der Waals surface area contributed by atoms with Crippen molar-refractivity contribution in [3.63, 3.8) is 0 Å². The number of halogens is 1. The van der Waals surface area contributed by atoms with Gasteiger partial charge in [0.2, 0.25) is 0 Å². The fraction of sp³-hybridized carbons (Fsp3) is 0.600.